The number of rotatable bonds is 19. The Morgan fingerprint density at radius 3 is 1.88 bits per heavy atom. The van der Waals surface area contributed by atoms with Crippen molar-refractivity contribution in [2.75, 3.05) is 5.33 Å². The predicted octanol–water partition coefficient (Wildman–Crippen LogP) is 11.1. The van der Waals surface area contributed by atoms with Gasteiger partial charge in [-0.15, -0.1) is 0 Å². The smallest absolute Gasteiger partial charge is 0.310 e. The van der Waals surface area contributed by atoms with Crippen LogP contribution in [0.3, 0.4) is 0 Å². The lowest BCUT2D eigenvalue weighted by Crippen LogP contribution is -2.53. The Kier molecular flexibility index (Phi) is 20.8. The molecule has 0 aromatic carbocycles. The molecule has 4 aliphatic rings. The maximum atomic E-state index is 14.1. The predicted molar refractivity (Wildman–Crippen MR) is 273 cm³/mol. The van der Waals surface area contributed by atoms with E-state index in [0.29, 0.717) is 42.3 Å². The van der Waals surface area contributed by atoms with Crippen LogP contribution in [0.5, 0.6) is 0 Å². The lowest BCUT2D eigenvalue weighted by molar-refractivity contribution is -0.256. The van der Waals surface area contributed by atoms with Gasteiger partial charge >= 0.3 is 5.97 Å². The minimum absolute atomic E-state index is 0.0268. The van der Waals surface area contributed by atoms with Crippen molar-refractivity contribution >= 4 is 37.8 Å². The lowest BCUT2D eigenvalue weighted by Gasteiger charge is -2.45. The van der Waals surface area contributed by atoms with Crippen LogP contribution < -0.4 is 0 Å². The number of aliphatic hydroxyl groups is 3. The van der Waals surface area contributed by atoms with E-state index in [2.05, 4.69) is 111 Å². The monoisotopic (exact) mass is 1050 g/mol. The minimum atomic E-state index is -1.23. The van der Waals surface area contributed by atoms with Crippen LogP contribution in [0.2, 0.25) is 0 Å². The fourth-order valence-electron chi connectivity index (χ4n) is 9.14. The van der Waals surface area contributed by atoms with E-state index >= 15 is 0 Å². The molecule has 0 fully saturated rings. The van der Waals surface area contributed by atoms with Crippen molar-refractivity contribution in [3.05, 3.63) is 83.8 Å². The van der Waals surface area contributed by atoms with Crippen molar-refractivity contribution in [2.24, 2.45) is 17.8 Å². The summed E-state index contributed by atoms with van der Waals surface area (Å²) in [6.45, 7) is 27.4. The molecular weight excluding hydrogens is 966 g/mol. The molecule has 4 rings (SSSR count). The van der Waals surface area contributed by atoms with Crippen LogP contribution in [-0.2, 0) is 23.7 Å². The topological polar surface area (TPSA) is 124 Å². The van der Waals surface area contributed by atoms with Crippen molar-refractivity contribution < 1.29 is 39.1 Å². The molecule has 9 unspecified atom stereocenters. The van der Waals surface area contributed by atoms with Gasteiger partial charge in [0.2, 0.25) is 19.2 Å². The molecular formula is C53H85Br2N3O8. The van der Waals surface area contributed by atoms with Crippen LogP contribution in [0.4, 0.5) is 0 Å². The Labute approximate surface area is 415 Å². The molecule has 66 heavy (non-hydrogen) atoms. The van der Waals surface area contributed by atoms with E-state index in [1.807, 2.05) is 99.0 Å². The number of halogens is 2. The molecule has 0 aromatic heterocycles. The van der Waals surface area contributed by atoms with Crippen molar-refractivity contribution in [3.8, 4) is 0 Å². The van der Waals surface area contributed by atoms with Gasteiger partial charge in [-0.25, -0.2) is 9.80 Å². The molecule has 13 heteroatoms. The molecule has 0 saturated carbocycles. The van der Waals surface area contributed by atoms with Gasteiger partial charge in [-0.1, -0.05) is 105 Å². The standard InChI is InChI=1S/C53H85Br2N3O8/c1-35(16-15-33-54)56(47(60)64-51(6,7)8)40-23-17-37(18-24-40)34-45(46(59)63-50(3,4)5)36(2)38-19-25-41(26-20-38)57(48(61)65-52(9,10)11)43-29-31-44(32-30-43)58(49(62)66-53(12,13)14)42-27-21-39(55)22-28-42/h15-19,21,23,25-27,29,35-36,38-40,42,44-45,47-49,60-62H,20,22,24,28,30-34H2,1-14H3/b16-15-/t35?,36?,38-,39?,40?,42?,44?,45+,47?,48?,49?/m0/s1. The fourth-order valence-corrected chi connectivity index (χ4v) is 9.79. The number of hydrogen-bond donors (Lipinski definition) is 3. The molecule has 11 atom stereocenters. The molecule has 0 bridgehead atoms. The Morgan fingerprint density at radius 1 is 0.742 bits per heavy atom. The first kappa shape index (κ1) is 56.7. The van der Waals surface area contributed by atoms with Gasteiger partial charge in [0, 0.05) is 45.7 Å². The number of carbonyl (C=O) groups is 1. The zero-order chi connectivity index (χ0) is 49.4. The molecule has 0 saturated heterocycles. The molecule has 374 valence electrons. The lowest BCUT2D eigenvalue weighted by atomic mass is 9.76. The highest BCUT2D eigenvalue weighted by atomic mass is 79.9. The van der Waals surface area contributed by atoms with Crippen molar-refractivity contribution in [2.45, 2.75) is 219 Å². The number of allylic oxidation sites excluding steroid dienone is 8. The molecule has 0 radical (unpaired) electrons. The van der Waals surface area contributed by atoms with Crippen molar-refractivity contribution in [1.29, 1.82) is 0 Å². The first-order valence-electron chi connectivity index (χ1n) is 24.2. The summed E-state index contributed by atoms with van der Waals surface area (Å²) in [4.78, 5) is 20.4. The van der Waals surface area contributed by atoms with Crippen LogP contribution in [0.15, 0.2) is 83.8 Å². The van der Waals surface area contributed by atoms with Gasteiger partial charge < -0.3 is 34.3 Å². The largest absolute Gasteiger partial charge is 0.460 e. The molecule has 3 N–H and O–H groups in total. The van der Waals surface area contributed by atoms with Gasteiger partial charge in [0.15, 0.2) is 0 Å². The number of alkyl halides is 2. The van der Waals surface area contributed by atoms with Crippen LogP contribution in [-0.4, -0.2) is 112 Å². The van der Waals surface area contributed by atoms with E-state index in [1.54, 1.807) is 0 Å². The summed E-state index contributed by atoms with van der Waals surface area (Å²) in [6.07, 6.45) is 25.8. The van der Waals surface area contributed by atoms with Gasteiger partial charge in [-0.05, 0) is 159 Å². The highest BCUT2D eigenvalue weighted by molar-refractivity contribution is 9.09. The third kappa shape index (κ3) is 17.8. The van der Waals surface area contributed by atoms with E-state index in [1.165, 1.54) is 0 Å². The molecule has 4 aliphatic carbocycles. The Morgan fingerprint density at radius 2 is 1.38 bits per heavy atom. The number of esters is 1. The van der Waals surface area contributed by atoms with Gasteiger partial charge in [0.25, 0.3) is 0 Å². The number of aliphatic hydroxyl groups excluding tert-OH is 3. The summed E-state index contributed by atoms with van der Waals surface area (Å²) in [6, 6.07) is -0.143. The maximum absolute atomic E-state index is 14.1. The summed E-state index contributed by atoms with van der Waals surface area (Å²) < 4.78 is 24.5. The average molecular weight is 1050 g/mol. The quantitative estimate of drug-likeness (QED) is 0.0496. The molecule has 0 aliphatic heterocycles. The summed E-state index contributed by atoms with van der Waals surface area (Å²) in [7, 11) is 0. The van der Waals surface area contributed by atoms with Crippen LogP contribution >= 0.6 is 31.9 Å². The van der Waals surface area contributed by atoms with E-state index in [9.17, 15) is 20.1 Å². The second kappa shape index (κ2) is 24.3. The van der Waals surface area contributed by atoms with Crippen molar-refractivity contribution in [1.82, 2.24) is 14.7 Å². The Balaban J connectivity index is 1.57. The number of nitrogens with zero attached hydrogens (tertiary/aromatic N) is 3. The van der Waals surface area contributed by atoms with Crippen LogP contribution in [0, 0.1) is 17.8 Å². The van der Waals surface area contributed by atoms with E-state index < -0.39 is 47.6 Å². The maximum Gasteiger partial charge on any atom is 0.310 e. The average Bonchev–Trinajstić information content (AvgIpc) is 3.18. The summed E-state index contributed by atoms with van der Waals surface area (Å²) in [5, 5.41) is 35.3. The van der Waals surface area contributed by atoms with Gasteiger partial charge in [0.1, 0.15) is 5.60 Å². The van der Waals surface area contributed by atoms with E-state index in [0.717, 1.165) is 36.2 Å². The normalized spacial score (nSPS) is 26.1. The molecule has 0 heterocycles. The third-order valence-electron chi connectivity index (χ3n) is 12.2. The minimum Gasteiger partial charge on any atom is -0.460 e. The first-order chi connectivity index (χ1) is 30.6. The molecule has 0 amide bonds. The summed E-state index contributed by atoms with van der Waals surface area (Å²) >= 11 is 7.20. The number of hydrogen-bond acceptors (Lipinski definition) is 11. The van der Waals surface area contributed by atoms with E-state index in [4.69, 9.17) is 18.9 Å². The van der Waals surface area contributed by atoms with Gasteiger partial charge in [-0.3, -0.25) is 9.69 Å². The molecule has 0 aromatic rings. The Bertz CT molecular complexity index is 1800. The van der Waals surface area contributed by atoms with E-state index in [-0.39, 0.29) is 42.0 Å². The second-order valence-corrected chi connectivity index (χ2v) is 24.3. The van der Waals surface area contributed by atoms with Gasteiger partial charge in [0.05, 0.1) is 22.7 Å². The SMILES string of the molecule is CC([C@H]1C=CC(N(C2=CCC(N(C3C=CC(Br)CC3)C(O)OC(C)(C)C)CC2)C(O)OC(C)(C)C)=CC1)[C@@H](CC1=CCC(N(C(C)/C=C\CBr)C(O)OC(C)(C)C)C=C1)C(=O)OC(C)(C)C. The molecule has 11 nitrogen and oxygen atoms in total. The van der Waals surface area contributed by atoms with Crippen LogP contribution in [0.25, 0.3) is 0 Å². The number of carbonyl (C=O) groups excluding carboxylic acids is 1. The highest BCUT2D eigenvalue weighted by Crippen LogP contribution is 2.39. The first-order valence-corrected chi connectivity index (χ1v) is 26.2. The fraction of sp³-hybridized carbons (Fsp3) is 0.717. The molecule has 0 spiro atoms. The zero-order valence-electron chi connectivity index (χ0n) is 42.5. The summed E-state index contributed by atoms with van der Waals surface area (Å²) in [5.41, 5.74) is 0.534. The third-order valence-corrected chi connectivity index (χ3v) is 13.4. The number of ether oxygens (including phenoxy) is 4. The zero-order valence-corrected chi connectivity index (χ0v) is 45.7. The highest BCUT2D eigenvalue weighted by Gasteiger charge is 2.39. The van der Waals surface area contributed by atoms with Gasteiger partial charge in [-0.2, -0.15) is 0 Å². The second-order valence-electron chi connectivity index (χ2n) is 22.5. The van der Waals surface area contributed by atoms with Crippen molar-refractivity contribution in [3.63, 3.8) is 0 Å². The summed E-state index contributed by atoms with van der Waals surface area (Å²) in [5.74, 6) is -0.688. The van der Waals surface area contributed by atoms with Crippen LogP contribution in [0.1, 0.15) is 148 Å². The Hall–Kier alpha value is -1.91.